The fourth-order valence-corrected chi connectivity index (χ4v) is 2.89. The Hall–Kier alpha value is -1.59. The second-order valence-corrected chi connectivity index (χ2v) is 5.50. The van der Waals surface area contributed by atoms with Crippen molar-refractivity contribution in [1.82, 2.24) is 10.3 Å². The van der Waals surface area contributed by atoms with Crippen molar-refractivity contribution < 1.29 is 9.15 Å². The molecule has 3 rings (SSSR count). The third kappa shape index (κ3) is 3.36. The number of para-hydroxylation sites is 2. The molecule has 1 saturated heterocycles. The Morgan fingerprint density at radius 2 is 2.29 bits per heavy atom. The van der Waals surface area contributed by atoms with Gasteiger partial charge >= 0.3 is 0 Å². The van der Waals surface area contributed by atoms with Crippen molar-refractivity contribution in [2.24, 2.45) is 0 Å². The Kier molecular flexibility index (Phi) is 4.72. The van der Waals surface area contributed by atoms with Gasteiger partial charge in [-0.3, -0.25) is 0 Å². The minimum Gasteiger partial charge on any atom is -0.423 e. The Labute approximate surface area is 125 Å². The van der Waals surface area contributed by atoms with E-state index in [4.69, 9.17) is 9.15 Å². The molecule has 1 aromatic heterocycles. The summed E-state index contributed by atoms with van der Waals surface area (Å²) in [5, 5.41) is 3.45. The molecule has 0 amide bonds. The van der Waals surface area contributed by atoms with Gasteiger partial charge in [0, 0.05) is 32.8 Å². The van der Waals surface area contributed by atoms with Crippen molar-refractivity contribution in [1.29, 1.82) is 0 Å². The van der Waals surface area contributed by atoms with Crippen LogP contribution < -0.4 is 10.2 Å². The van der Waals surface area contributed by atoms with Gasteiger partial charge in [-0.15, -0.1) is 0 Å². The van der Waals surface area contributed by atoms with Gasteiger partial charge in [0.1, 0.15) is 5.52 Å². The van der Waals surface area contributed by atoms with Gasteiger partial charge in [-0.1, -0.05) is 12.1 Å². The molecule has 1 aliphatic heterocycles. The highest BCUT2D eigenvalue weighted by Gasteiger charge is 2.25. The van der Waals surface area contributed by atoms with Gasteiger partial charge in [-0.05, 0) is 31.4 Å². The summed E-state index contributed by atoms with van der Waals surface area (Å²) < 4.78 is 11.0. The second kappa shape index (κ2) is 6.91. The molecule has 21 heavy (non-hydrogen) atoms. The van der Waals surface area contributed by atoms with Gasteiger partial charge in [-0.25, -0.2) is 0 Å². The largest absolute Gasteiger partial charge is 0.423 e. The molecule has 0 bridgehead atoms. The highest BCUT2D eigenvalue weighted by Crippen LogP contribution is 2.27. The van der Waals surface area contributed by atoms with Gasteiger partial charge in [-0.2, -0.15) is 4.98 Å². The first kappa shape index (κ1) is 14.4. The molecule has 5 heteroatoms. The lowest BCUT2D eigenvalue weighted by Crippen LogP contribution is -2.46. The molecule has 1 fully saturated rings. The summed E-state index contributed by atoms with van der Waals surface area (Å²) in [6.45, 7) is 3.59. The number of ether oxygens (including phenoxy) is 1. The molecule has 2 heterocycles. The highest BCUT2D eigenvalue weighted by molar-refractivity contribution is 5.74. The minimum atomic E-state index is 0.448. The average molecular weight is 289 g/mol. The predicted molar refractivity (Wildman–Crippen MR) is 83.7 cm³/mol. The Bertz CT molecular complexity index is 536. The summed E-state index contributed by atoms with van der Waals surface area (Å²) in [4.78, 5) is 6.95. The Balaban J connectivity index is 1.70. The van der Waals surface area contributed by atoms with E-state index >= 15 is 0 Å². The molecule has 0 saturated carbocycles. The number of piperidine rings is 1. The van der Waals surface area contributed by atoms with E-state index in [-0.39, 0.29) is 0 Å². The standard InChI is InChI=1S/C16H23N3O2/c1-20-11-9-17-12-13-6-4-5-10-19(13)16-18-14-7-2-3-8-15(14)21-16/h2-3,7-8,13,17H,4-6,9-12H2,1H3. The maximum atomic E-state index is 5.93. The van der Waals surface area contributed by atoms with Crippen LogP contribution in [0.15, 0.2) is 28.7 Å². The van der Waals surface area contributed by atoms with Crippen molar-refractivity contribution in [2.45, 2.75) is 25.3 Å². The number of methoxy groups -OCH3 is 1. The average Bonchev–Trinajstić information content (AvgIpc) is 2.96. The van der Waals surface area contributed by atoms with Crippen molar-refractivity contribution in [3.8, 4) is 0 Å². The van der Waals surface area contributed by atoms with Crippen LogP contribution in [0.5, 0.6) is 0 Å². The first-order chi connectivity index (χ1) is 10.4. The van der Waals surface area contributed by atoms with Crippen LogP contribution in [0, 0.1) is 0 Å². The van der Waals surface area contributed by atoms with Crippen molar-refractivity contribution in [3.63, 3.8) is 0 Å². The number of nitrogens with one attached hydrogen (secondary N) is 1. The van der Waals surface area contributed by atoms with E-state index in [0.717, 1.165) is 43.4 Å². The lowest BCUT2D eigenvalue weighted by atomic mass is 10.0. The predicted octanol–water partition coefficient (Wildman–Crippen LogP) is 2.42. The number of nitrogens with zero attached hydrogens (tertiary/aromatic N) is 2. The van der Waals surface area contributed by atoms with Gasteiger partial charge in [0.15, 0.2) is 5.58 Å². The third-order valence-corrected chi connectivity index (χ3v) is 4.02. The van der Waals surface area contributed by atoms with Crippen LogP contribution in [-0.2, 0) is 4.74 Å². The van der Waals surface area contributed by atoms with Crippen LogP contribution in [0.1, 0.15) is 19.3 Å². The van der Waals surface area contributed by atoms with Gasteiger partial charge in [0.05, 0.1) is 6.61 Å². The number of hydrogen-bond acceptors (Lipinski definition) is 5. The number of oxazole rings is 1. The van der Waals surface area contributed by atoms with Gasteiger partial charge in [0.2, 0.25) is 0 Å². The molecule has 114 valence electrons. The molecule has 2 aromatic rings. The molecular formula is C16H23N3O2. The van der Waals surface area contributed by atoms with E-state index in [1.54, 1.807) is 7.11 Å². The van der Waals surface area contributed by atoms with Crippen LogP contribution in [0.3, 0.4) is 0 Å². The van der Waals surface area contributed by atoms with E-state index in [2.05, 4.69) is 15.2 Å². The van der Waals surface area contributed by atoms with Crippen LogP contribution in [0.2, 0.25) is 0 Å². The summed E-state index contributed by atoms with van der Waals surface area (Å²) >= 11 is 0. The molecule has 5 nitrogen and oxygen atoms in total. The normalized spacial score (nSPS) is 19.3. The van der Waals surface area contributed by atoms with E-state index in [0.29, 0.717) is 6.04 Å². The lowest BCUT2D eigenvalue weighted by molar-refractivity contribution is 0.198. The van der Waals surface area contributed by atoms with E-state index in [1.165, 1.54) is 19.3 Å². The topological polar surface area (TPSA) is 50.5 Å². The number of anilines is 1. The summed E-state index contributed by atoms with van der Waals surface area (Å²) in [6.07, 6.45) is 3.65. The minimum absolute atomic E-state index is 0.448. The molecular weight excluding hydrogens is 266 g/mol. The second-order valence-electron chi connectivity index (χ2n) is 5.50. The molecule has 1 unspecified atom stereocenters. The maximum absolute atomic E-state index is 5.93. The Morgan fingerprint density at radius 1 is 1.38 bits per heavy atom. The molecule has 0 aliphatic carbocycles. The molecule has 0 radical (unpaired) electrons. The van der Waals surface area contributed by atoms with Crippen molar-refractivity contribution in [3.05, 3.63) is 24.3 Å². The van der Waals surface area contributed by atoms with E-state index in [9.17, 15) is 0 Å². The number of aromatic nitrogens is 1. The van der Waals surface area contributed by atoms with Gasteiger partial charge < -0.3 is 19.4 Å². The number of fused-ring (bicyclic) bond motifs is 1. The summed E-state index contributed by atoms with van der Waals surface area (Å²) in [6, 6.07) is 9.16. The van der Waals surface area contributed by atoms with E-state index in [1.807, 2.05) is 24.3 Å². The highest BCUT2D eigenvalue weighted by atomic mass is 16.5. The fourth-order valence-electron chi connectivity index (χ4n) is 2.89. The molecule has 1 N–H and O–H groups in total. The first-order valence-corrected chi connectivity index (χ1v) is 7.70. The zero-order valence-corrected chi connectivity index (χ0v) is 12.5. The molecule has 0 spiro atoms. The summed E-state index contributed by atoms with van der Waals surface area (Å²) in [7, 11) is 1.73. The SMILES string of the molecule is COCCNCC1CCCCN1c1nc2ccccc2o1. The molecule has 1 atom stereocenters. The monoisotopic (exact) mass is 289 g/mol. The lowest BCUT2D eigenvalue weighted by Gasteiger charge is -2.34. The number of benzene rings is 1. The molecule has 1 aromatic carbocycles. The number of hydrogen-bond donors (Lipinski definition) is 1. The quantitative estimate of drug-likeness (QED) is 0.828. The zero-order valence-electron chi connectivity index (χ0n) is 12.5. The van der Waals surface area contributed by atoms with Crippen LogP contribution >= 0.6 is 0 Å². The first-order valence-electron chi connectivity index (χ1n) is 7.70. The van der Waals surface area contributed by atoms with Gasteiger partial charge in [0.25, 0.3) is 6.01 Å². The van der Waals surface area contributed by atoms with Crippen LogP contribution in [-0.4, -0.2) is 44.4 Å². The van der Waals surface area contributed by atoms with Crippen LogP contribution in [0.25, 0.3) is 11.1 Å². The maximum Gasteiger partial charge on any atom is 0.298 e. The van der Waals surface area contributed by atoms with Crippen molar-refractivity contribution >= 4 is 17.1 Å². The summed E-state index contributed by atoms with van der Waals surface area (Å²) in [5.74, 6) is 0. The number of rotatable bonds is 6. The van der Waals surface area contributed by atoms with E-state index < -0.39 is 0 Å². The van der Waals surface area contributed by atoms with Crippen LogP contribution in [0.4, 0.5) is 6.01 Å². The molecule has 1 aliphatic rings. The zero-order chi connectivity index (χ0) is 14.5. The summed E-state index contributed by atoms with van der Waals surface area (Å²) in [5.41, 5.74) is 1.80. The van der Waals surface area contributed by atoms with Crippen molar-refractivity contribution in [2.75, 3.05) is 38.3 Å². The third-order valence-electron chi connectivity index (χ3n) is 4.02. The smallest absolute Gasteiger partial charge is 0.298 e. The fraction of sp³-hybridized carbons (Fsp3) is 0.562. The Morgan fingerprint density at radius 3 is 3.14 bits per heavy atom.